The molecule has 300 valence electrons. The minimum atomic E-state index is -0.789. The molecule has 1 atom stereocenters. The summed E-state index contributed by atoms with van der Waals surface area (Å²) in [6.45, 7) is 4.01. The van der Waals surface area contributed by atoms with E-state index in [2.05, 4.69) is 74.6 Å². The molecule has 0 aliphatic carbocycles. The molecule has 0 aromatic carbocycles. The number of rotatable bonds is 39. The molecule has 0 aliphatic heterocycles. The van der Waals surface area contributed by atoms with E-state index < -0.39 is 6.10 Å². The Bertz CT molecular complexity index is 915. The van der Waals surface area contributed by atoms with Crippen molar-refractivity contribution in [2.24, 2.45) is 0 Å². The molecule has 0 radical (unpaired) electrons. The van der Waals surface area contributed by atoms with Crippen molar-refractivity contribution in [3.8, 4) is 0 Å². The molecule has 0 amide bonds. The van der Waals surface area contributed by atoms with Crippen LogP contribution in [0.5, 0.6) is 0 Å². The summed E-state index contributed by atoms with van der Waals surface area (Å²) in [6, 6.07) is 0. The molecule has 0 aromatic heterocycles. The molecule has 0 aromatic rings. The molecule has 0 rings (SSSR count). The summed E-state index contributed by atoms with van der Waals surface area (Å²) in [5.74, 6) is -0.625. The highest BCUT2D eigenvalue weighted by atomic mass is 16.6. The van der Waals surface area contributed by atoms with Gasteiger partial charge in [0, 0.05) is 12.8 Å². The molecule has 1 N–H and O–H groups in total. The largest absolute Gasteiger partial charge is 0.462 e. The van der Waals surface area contributed by atoms with E-state index in [1.165, 1.54) is 103 Å². The number of hydrogen-bond donors (Lipinski definition) is 1. The van der Waals surface area contributed by atoms with E-state index in [1.54, 1.807) is 0 Å². The molecule has 5 nitrogen and oxygen atoms in total. The normalized spacial score (nSPS) is 12.8. The van der Waals surface area contributed by atoms with Gasteiger partial charge in [0.05, 0.1) is 6.61 Å². The minimum Gasteiger partial charge on any atom is -0.462 e. The summed E-state index contributed by atoms with van der Waals surface area (Å²) in [5, 5.41) is 9.58. The van der Waals surface area contributed by atoms with Gasteiger partial charge in [-0.15, -0.1) is 0 Å². The third-order valence-electron chi connectivity index (χ3n) is 9.33. The smallest absolute Gasteiger partial charge is 0.306 e. The van der Waals surface area contributed by atoms with Crippen LogP contribution in [0.25, 0.3) is 0 Å². The molecule has 52 heavy (non-hydrogen) atoms. The Morgan fingerprint density at radius 3 is 1.25 bits per heavy atom. The second kappa shape index (κ2) is 43.0. The van der Waals surface area contributed by atoms with Crippen LogP contribution in [-0.2, 0) is 19.1 Å². The first-order valence-corrected chi connectivity index (χ1v) is 21.8. The molecule has 0 saturated carbocycles. The highest BCUT2D eigenvalue weighted by Crippen LogP contribution is 2.15. The number of unbranched alkanes of at least 4 members (excludes halogenated alkanes) is 21. The maximum absolute atomic E-state index is 12.2. The topological polar surface area (TPSA) is 72.8 Å². The number of ether oxygens (including phenoxy) is 2. The molecule has 0 aliphatic rings. The van der Waals surface area contributed by atoms with E-state index in [-0.39, 0.29) is 25.2 Å². The molecule has 0 fully saturated rings. The lowest BCUT2D eigenvalue weighted by molar-refractivity contribution is -0.161. The molecule has 1 unspecified atom stereocenters. The van der Waals surface area contributed by atoms with E-state index in [0.29, 0.717) is 12.8 Å². The van der Waals surface area contributed by atoms with Crippen LogP contribution < -0.4 is 0 Å². The van der Waals surface area contributed by atoms with Gasteiger partial charge in [-0.05, 0) is 57.8 Å². The standard InChI is InChI=1S/C47H82O5/c1-3-5-7-9-11-13-15-17-19-21-23-25-27-29-31-33-35-37-39-41-46(49)51-44-45(43-48)52-47(50)42-40-38-36-34-32-30-28-26-24-22-20-18-16-14-12-10-8-6-4-2/h6,8,12,14,18,20,24,26,30,32,45,48H,3-5,7,9-11,13,15-17,19,21-23,25,27-29,31,33-44H2,1-2H3. The maximum Gasteiger partial charge on any atom is 0.306 e. The highest BCUT2D eigenvalue weighted by molar-refractivity contribution is 5.70. The number of carbonyl (C=O) groups is 2. The van der Waals surface area contributed by atoms with E-state index in [0.717, 1.165) is 77.0 Å². The Morgan fingerprint density at radius 1 is 0.462 bits per heavy atom. The average molecular weight is 727 g/mol. The zero-order valence-corrected chi connectivity index (χ0v) is 34.1. The number of hydrogen-bond acceptors (Lipinski definition) is 5. The van der Waals surface area contributed by atoms with Gasteiger partial charge < -0.3 is 14.6 Å². The number of allylic oxidation sites excluding steroid dienone is 10. The Hall–Kier alpha value is -2.40. The Labute approximate surface area is 321 Å². The van der Waals surface area contributed by atoms with E-state index in [4.69, 9.17) is 9.47 Å². The lowest BCUT2D eigenvalue weighted by atomic mass is 10.0. The number of aliphatic hydroxyl groups is 1. The third kappa shape index (κ3) is 40.4. The Balaban J connectivity index is 3.59. The van der Waals surface area contributed by atoms with Crippen molar-refractivity contribution in [2.45, 2.75) is 213 Å². The zero-order valence-electron chi connectivity index (χ0n) is 34.1. The van der Waals surface area contributed by atoms with Gasteiger partial charge in [0.25, 0.3) is 0 Å². The highest BCUT2D eigenvalue weighted by Gasteiger charge is 2.16. The van der Waals surface area contributed by atoms with Crippen molar-refractivity contribution < 1.29 is 24.2 Å². The van der Waals surface area contributed by atoms with Gasteiger partial charge in [0.15, 0.2) is 6.10 Å². The summed E-state index contributed by atoms with van der Waals surface area (Å²) in [7, 11) is 0. The molecular formula is C47H82O5. The molecule has 5 heteroatoms. The van der Waals surface area contributed by atoms with Crippen LogP contribution in [-0.4, -0.2) is 36.4 Å². The monoisotopic (exact) mass is 727 g/mol. The van der Waals surface area contributed by atoms with E-state index >= 15 is 0 Å². The van der Waals surface area contributed by atoms with Crippen molar-refractivity contribution >= 4 is 11.9 Å². The van der Waals surface area contributed by atoms with Crippen LogP contribution in [0.15, 0.2) is 60.8 Å². The summed E-state index contributed by atoms with van der Waals surface area (Å²) in [4.78, 5) is 24.3. The average Bonchev–Trinajstić information content (AvgIpc) is 3.15. The van der Waals surface area contributed by atoms with Crippen LogP contribution in [0, 0.1) is 0 Å². The molecule has 0 saturated heterocycles. The molecule has 0 spiro atoms. The van der Waals surface area contributed by atoms with E-state index in [9.17, 15) is 14.7 Å². The van der Waals surface area contributed by atoms with Gasteiger partial charge in [-0.2, -0.15) is 0 Å². The van der Waals surface area contributed by atoms with Crippen molar-refractivity contribution in [1.29, 1.82) is 0 Å². The lowest BCUT2D eigenvalue weighted by Crippen LogP contribution is -2.28. The molecular weight excluding hydrogens is 645 g/mol. The van der Waals surface area contributed by atoms with Gasteiger partial charge in [0.1, 0.15) is 6.61 Å². The maximum atomic E-state index is 12.2. The fourth-order valence-electron chi connectivity index (χ4n) is 6.05. The van der Waals surface area contributed by atoms with Gasteiger partial charge in [-0.1, -0.05) is 197 Å². The first-order valence-electron chi connectivity index (χ1n) is 21.8. The van der Waals surface area contributed by atoms with Crippen LogP contribution in [0.3, 0.4) is 0 Å². The summed E-state index contributed by atoms with van der Waals surface area (Å²) in [5.41, 5.74) is 0. The van der Waals surface area contributed by atoms with Gasteiger partial charge >= 0.3 is 11.9 Å². The quantitative estimate of drug-likeness (QED) is 0.0388. The first-order chi connectivity index (χ1) is 25.6. The lowest BCUT2D eigenvalue weighted by Gasteiger charge is -2.15. The second-order valence-corrected chi connectivity index (χ2v) is 14.4. The Kier molecular flexibility index (Phi) is 41.0. The second-order valence-electron chi connectivity index (χ2n) is 14.4. The number of carbonyl (C=O) groups excluding carboxylic acids is 2. The first kappa shape index (κ1) is 49.6. The fourth-order valence-corrected chi connectivity index (χ4v) is 6.05. The zero-order chi connectivity index (χ0) is 37.8. The molecule has 0 heterocycles. The summed E-state index contributed by atoms with van der Waals surface area (Å²) < 4.78 is 10.6. The number of aliphatic hydroxyl groups excluding tert-OH is 1. The Morgan fingerprint density at radius 2 is 0.827 bits per heavy atom. The minimum absolute atomic E-state index is 0.0791. The van der Waals surface area contributed by atoms with Gasteiger partial charge in [-0.3, -0.25) is 9.59 Å². The van der Waals surface area contributed by atoms with Crippen molar-refractivity contribution in [2.75, 3.05) is 13.2 Å². The van der Waals surface area contributed by atoms with Crippen molar-refractivity contribution in [1.82, 2.24) is 0 Å². The SMILES string of the molecule is CCC=CCC=CCC=CCC=CCC=CCCCCCC(=O)OC(CO)COC(=O)CCCCCCCCCCCCCCCCCCCCC. The molecule has 0 bridgehead atoms. The van der Waals surface area contributed by atoms with E-state index in [1.807, 2.05) is 0 Å². The summed E-state index contributed by atoms with van der Waals surface area (Å²) >= 11 is 0. The summed E-state index contributed by atoms with van der Waals surface area (Å²) in [6.07, 6.45) is 55.8. The third-order valence-corrected chi connectivity index (χ3v) is 9.33. The fraction of sp³-hybridized carbons (Fsp3) is 0.745. The van der Waals surface area contributed by atoms with Crippen molar-refractivity contribution in [3.63, 3.8) is 0 Å². The number of esters is 2. The predicted molar refractivity (Wildman–Crippen MR) is 223 cm³/mol. The van der Waals surface area contributed by atoms with Gasteiger partial charge in [0.2, 0.25) is 0 Å². The van der Waals surface area contributed by atoms with Gasteiger partial charge in [-0.25, -0.2) is 0 Å². The van der Waals surface area contributed by atoms with Crippen LogP contribution in [0.4, 0.5) is 0 Å². The van der Waals surface area contributed by atoms with Crippen LogP contribution in [0.1, 0.15) is 206 Å². The van der Waals surface area contributed by atoms with Crippen molar-refractivity contribution in [3.05, 3.63) is 60.8 Å². The predicted octanol–water partition coefficient (Wildman–Crippen LogP) is 14.0. The van der Waals surface area contributed by atoms with Crippen LogP contribution >= 0.6 is 0 Å². The van der Waals surface area contributed by atoms with Crippen LogP contribution in [0.2, 0.25) is 0 Å².